The normalized spacial score (nSPS) is 18.9. The number of hydrogen-bond donors (Lipinski definition) is 0. The van der Waals surface area contributed by atoms with Crippen molar-refractivity contribution < 1.29 is 8.42 Å². The number of benzene rings is 2. The quantitative estimate of drug-likeness (QED) is 0.312. The molecule has 1 aliphatic heterocycles. The maximum Gasteiger partial charge on any atom is 0.271 e. The van der Waals surface area contributed by atoms with Crippen LogP contribution in [0.2, 0.25) is 10.0 Å². The van der Waals surface area contributed by atoms with Gasteiger partial charge in [-0.25, -0.2) is 13.4 Å². The Morgan fingerprint density at radius 2 is 1.79 bits per heavy atom. The molecule has 3 heterocycles. The number of piperazine rings is 1. The Hall–Kier alpha value is -2.27. The van der Waals surface area contributed by atoms with Crippen LogP contribution in [0.4, 0.5) is 0 Å². The van der Waals surface area contributed by atoms with E-state index in [9.17, 15) is 13.2 Å². The third-order valence-electron chi connectivity index (χ3n) is 7.74. The first-order valence-corrected chi connectivity index (χ1v) is 16.3. The summed E-state index contributed by atoms with van der Waals surface area (Å²) in [6.45, 7) is 3.36. The van der Waals surface area contributed by atoms with Crippen LogP contribution in [0.3, 0.4) is 0 Å². The van der Waals surface area contributed by atoms with Gasteiger partial charge in [-0.3, -0.25) is 14.3 Å². The van der Waals surface area contributed by atoms with Crippen molar-refractivity contribution in [1.29, 1.82) is 0 Å². The number of aromatic nitrogens is 2. The lowest BCUT2D eigenvalue weighted by molar-refractivity contribution is 0.182. The molecule has 204 valence electrons. The Labute approximate surface area is 241 Å². The average molecular weight is 604 g/mol. The fourth-order valence-corrected chi connectivity index (χ4v) is 7.75. The Balaban J connectivity index is 1.17. The summed E-state index contributed by atoms with van der Waals surface area (Å²) in [5, 5.41) is 0.981. The molecule has 0 unspecified atom stereocenters. The fraction of sp³-hybridized carbons (Fsp3) is 0.357. The van der Waals surface area contributed by atoms with Gasteiger partial charge in [0.15, 0.2) is 0 Å². The number of rotatable bonds is 5. The molecular formula is C28H28Cl2N4O3S2. The average Bonchev–Trinajstić information content (AvgIpc) is 3.35. The predicted octanol–water partition coefficient (Wildman–Crippen LogP) is 5.24. The second-order valence-electron chi connectivity index (χ2n) is 10.3. The highest BCUT2D eigenvalue weighted by Crippen LogP contribution is 2.35. The van der Waals surface area contributed by atoms with Gasteiger partial charge in [0.25, 0.3) is 5.56 Å². The molecule has 2 aliphatic rings. The molecule has 7 nitrogen and oxygen atoms in total. The summed E-state index contributed by atoms with van der Waals surface area (Å²) in [7, 11) is -3.12. The first-order valence-electron chi connectivity index (χ1n) is 12.9. The van der Waals surface area contributed by atoms with Crippen molar-refractivity contribution in [3.05, 3.63) is 85.9 Å². The van der Waals surface area contributed by atoms with E-state index in [-0.39, 0.29) is 11.6 Å². The molecule has 2 aromatic heterocycles. The van der Waals surface area contributed by atoms with Crippen LogP contribution in [0, 0.1) is 0 Å². The first kappa shape index (κ1) is 26.9. The van der Waals surface area contributed by atoms with Gasteiger partial charge in [-0.1, -0.05) is 47.5 Å². The first-order chi connectivity index (χ1) is 18.7. The van der Waals surface area contributed by atoms with Gasteiger partial charge in [0.05, 0.1) is 28.1 Å². The minimum atomic E-state index is -3.12. The van der Waals surface area contributed by atoms with Crippen LogP contribution in [0.5, 0.6) is 0 Å². The number of halogens is 2. The molecule has 6 rings (SSSR count). The van der Waals surface area contributed by atoms with Crippen molar-refractivity contribution >= 4 is 54.8 Å². The molecule has 0 bridgehead atoms. The second-order valence-corrected chi connectivity index (χ2v) is 14.2. The van der Waals surface area contributed by atoms with Gasteiger partial charge in [-0.2, -0.15) is 4.31 Å². The molecule has 0 spiro atoms. The summed E-state index contributed by atoms with van der Waals surface area (Å²) in [6, 6.07) is 14.1. The van der Waals surface area contributed by atoms with Gasteiger partial charge in [0.2, 0.25) is 10.0 Å². The predicted molar refractivity (Wildman–Crippen MR) is 159 cm³/mol. The van der Waals surface area contributed by atoms with E-state index in [0.29, 0.717) is 33.4 Å². The van der Waals surface area contributed by atoms with Crippen molar-refractivity contribution in [2.24, 2.45) is 0 Å². The number of fused-ring (bicyclic) bond motifs is 2. The standard InChI is InChI=1S/C28H28Cl2N4O3S2/c1-39(36,37)33-10-8-32(9-11-33)16-18-2-3-20-13-22(6-4-19(20)12-18)34-17-31-25-15-26(38-27(25)28(34)35)21-5-7-23(29)24(30)14-21/h2-3,5,7,12,14-15,17,22H,4,6,8-11,13,16H2,1H3/t22-/m0/s1. The van der Waals surface area contributed by atoms with E-state index >= 15 is 0 Å². The van der Waals surface area contributed by atoms with Crippen LogP contribution < -0.4 is 5.56 Å². The van der Waals surface area contributed by atoms with Crippen molar-refractivity contribution in [3.8, 4) is 10.4 Å². The van der Waals surface area contributed by atoms with E-state index in [1.807, 2.05) is 18.2 Å². The van der Waals surface area contributed by atoms with Crippen molar-refractivity contribution in [2.75, 3.05) is 32.4 Å². The summed E-state index contributed by atoms with van der Waals surface area (Å²) in [4.78, 5) is 21.4. The van der Waals surface area contributed by atoms with Gasteiger partial charge in [0.1, 0.15) is 4.70 Å². The van der Waals surface area contributed by atoms with Crippen LogP contribution in [0.1, 0.15) is 29.2 Å². The molecule has 0 N–H and O–H groups in total. The van der Waals surface area contributed by atoms with Gasteiger partial charge in [0, 0.05) is 43.6 Å². The van der Waals surface area contributed by atoms with E-state index in [1.54, 1.807) is 21.3 Å². The lowest BCUT2D eigenvalue weighted by atomic mass is 9.87. The molecule has 4 aromatic rings. The van der Waals surface area contributed by atoms with Crippen molar-refractivity contribution in [2.45, 2.75) is 31.8 Å². The molecule has 11 heteroatoms. The van der Waals surface area contributed by atoms with E-state index < -0.39 is 10.0 Å². The van der Waals surface area contributed by atoms with Gasteiger partial charge in [-0.15, -0.1) is 11.3 Å². The third kappa shape index (κ3) is 5.53. The number of hydrogen-bond acceptors (Lipinski definition) is 6. The van der Waals surface area contributed by atoms with Crippen LogP contribution >= 0.6 is 34.5 Å². The lowest BCUT2D eigenvalue weighted by Gasteiger charge is -2.33. The Morgan fingerprint density at radius 3 is 2.54 bits per heavy atom. The molecule has 1 saturated heterocycles. The molecule has 0 saturated carbocycles. The Morgan fingerprint density at radius 1 is 1.00 bits per heavy atom. The minimum Gasteiger partial charge on any atom is -0.296 e. The molecule has 1 fully saturated rings. The summed E-state index contributed by atoms with van der Waals surface area (Å²) in [6.07, 6.45) is 5.54. The number of aryl methyl sites for hydroxylation is 1. The molecular weight excluding hydrogens is 575 g/mol. The van der Waals surface area contributed by atoms with Crippen molar-refractivity contribution in [1.82, 2.24) is 18.8 Å². The smallest absolute Gasteiger partial charge is 0.271 e. The molecule has 39 heavy (non-hydrogen) atoms. The van der Waals surface area contributed by atoms with Crippen molar-refractivity contribution in [3.63, 3.8) is 0 Å². The highest BCUT2D eigenvalue weighted by molar-refractivity contribution is 7.88. The highest BCUT2D eigenvalue weighted by atomic mass is 35.5. The monoisotopic (exact) mass is 602 g/mol. The summed E-state index contributed by atoms with van der Waals surface area (Å²) >= 11 is 13.7. The zero-order valence-corrected chi connectivity index (χ0v) is 24.6. The van der Waals surface area contributed by atoms with Gasteiger partial charge < -0.3 is 0 Å². The van der Waals surface area contributed by atoms with E-state index in [2.05, 4.69) is 28.1 Å². The summed E-state index contributed by atoms with van der Waals surface area (Å²) in [5.41, 5.74) is 5.45. The SMILES string of the molecule is CS(=O)(=O)N1CCN(Cc2ccc3c(c2)CC[C@H](n2cnc4cc(-c5ccc(Cl)c(Cl)c5)sc4c2=O)C3)CC1. The second kappa shape index (κ2) is 10.6. The number of sulfonamides is 1. The highest BCUT2D eigenvalue weighted by Gasteiger charge is 2.25. The third-order valence-corrected chi connectivity index (χ3v) is 10.9. The van der Waals surface area contributed by atoms with Gasteiger partial charge in [-0.05, 0) is 59.7 Å². The van der Waals surface area contributed by atoms with E-state index in [4.69, 9.17) is 23.2 Å². The zero-order valence-electron chi connectivity index (χ0n) is 21.4. The molecule has 0 amide bonds. The zero-order chi connectivity index (χ0) is 27.3. The molecule has 2 aromatic carbocycles. The lowest BCUT2D eigenvalue weighted by Crippen LogP contribution is -2.47. The van der Waals surface area contributed by atoms with Crippen LogP contribution in [-0.4, -0.2) is 59.6 Å². The number of nitrogens with zero attached hydrogens (tertiary/aromatic N) is 4. The largest absolute Gasteiger partial charge is 0.296 e. The van der Waals surface area contributed by atoms with E-state index in [0.717, 1.165) is 49.3 Å². The Kier molecular flexibility index (Phi) is 7.33. The molecule has 0 radical (unpaired) electrons. The summed E-state index contributed by atoms with van der Waals surface area (Å²) in [5.74, 6) is 0. The minimum absolute atomic E-state index is 0.00498. The summed E-state index contributed by atoms with van der Waals surface area (Å²) < 4.78 is 27.6. The maximum absolute atomic E-state index is 13.5. The Bertz CT molecular complexity index is 1730. The van der Waals surface area contributed by atoms with Crippen LogP contribution in [0.15, 0.2) is 53.6 Å². The van der Waals surface area contributed by atoms with E-state index in [1.165, 1.54) is 34.3 Å². The van der Waals surface area contributed by atoms with Crippen LogP contribution in [-0.2, 0) is 29.4 Å². The number of thiophene rings is 1. The fourth-order valence-electron chi connectivity index (χ4n) is 5.58. The maximum atomic E-state index is 13.5. The molecule has 1 aliphatic carbocycles. The van der Waals surface area contributed by atoms with Crippen LogP contribution in [0.25, 0.3) is 20.7 Å². The van der Waals surface area contributed by atoms with Gasteiger partial charge >= 0.3 is 0 Å². The topological polar surface area (TPSA) is 75.5 Å². The molecule has 1 atom stereocenters.